The second kappa shape index (κ2) is 6.14. The summed E-state index contributed by atoms with van der Waals surface area (Å²) in [5, 5.41) is 3.98. The lowest BCUT2D eigenvalue weighted by molar-refractivity contribution is -0.137. The molecule has 1 aliphatic heterocycles. The Labute approximate surface area is 136 Å². The molecule has 1 aliphatic rings. The quantitative estimate of drug-likeness (QED) is 0.837. The number of pyridine rings is 1. The summed E-state index contributed by atoms with van der Waals surface area (Å²) in [5.41, 5.74) is -0.257. The topological polar surface area (TPSA) is 54.3 Å². The van der Waals surface area contributed by atoms with E-state index in [2.05, 4.69) is 10.1 Å². The first-order chi connectivity index (χ1) is 11.4. The molecule has 0 spiro atoms. The molecule has 0 aliphatic carbocycles. The monoisotopic (exact) mass is 339 g/mol. The lowest BCUT2D eigenvalue weighted by Crippen LogP contribution is -2.49. The van der Waals surface area contributed by atoms with Crippen molar-refractivity contribution >= 4 is 11.7 Å². The van der Waals surface area contributed by atoms with Gasteiger partial charge in [-0.2, -0.15) is 18.3 Å². The third kappa shape index (κ3) is 3.19. The number of piperazine rings is 1. The minimum Gasteiger partial charge on any atom is -0.353 e. The van der Waals surface area contributed by atoms with Crippen LogP contribution in [0, 0.1) is 0 Å². The van der Waals surface area contributed by atoms with Gasteiger partial charge in [0, 0.05) is 45.6 Å². The molecule has 0 atom stereocenters. The number of carbonyl (C=O) groups is 1. The van der Waals surface area contributed by atoms with Crippen molar-refractivity contribution in [3.05, 3.63) is 41.9 Å². The van der Waals surface area contributed by atoms with Crippen LogP contribution in [-0.4, -0.2) is 51.8 Å². The number of aryl methyl sites for hydroxylation is 1. The summed E-state index contributed by atoms with van der Waals surface area (Å²) in [6, 6.07) is 4.04. The van der Waals surface area contributed by atoms with E-state index in [4.69, 9.17) is 0 Å². The van der Waals surface area contributed by atoms with Crippen LogP contribution in [0.15, 0.2) is 30.6 Å². The Balaban J connectivity index is 1.63. The minimum atomic E-state index is -4.39. The highest BCUT2D eigenvalue weighted by Crippen LogP contribution is 2.29. The van der Waals surface area contributed by atoms with Gasteiger partial charge in [0.2, 0.25) is 0 Å². The Morgan fingerprint density at radius 2 is 1.83 bits per heavy atom. The first-order valence-corrected chi connectivity index (χ1v) is 7.42. The Bertz CT molecular complexity index is 717. The van der Waals surface area contributed by atoms with Crippen LogP contribution < -0.4 is 4.90 Å². The summed E-state index contributed by atoms with van der Waals surface area (Å²) < 4.78 is 39.2. The predicted octanol–water partition coefficient (Wildman–Crippen LogP) is 1.80. The van der Waals surface area contributed by atoms with Crippen LogP contribution in [0.2, 0.25) is 0 Å². The van der Waals surface area contributed by atoms with Crippen LogP contribution in [0.4, 0.5) is 19.0 Å². The average Bonchev–Trinajstić information content (AvgIpc) is 3.00. The van der Waals surface area contributed by atoms with E-state index in [-0.39, 0.29) is 5.91 Å². The van der Waals surface area contributed by atoms with E-state index in [1.54, 1.807) is 24.2 Å². The molecule has 3 rings (SSSR count). The molecule has 0 unspecified atom stereocenters. The van der Waals surface area contributed by atoms with E-state index in [0.29, 0.717) is 37.7 Å². The number of carbonyl (C=O) groups excluding carboxylic acids is 1. The number of aromatic nitrogens is 3. The van der Waals surface area contributed by atoms with Crippen molar-refractivity contribution in [3.8, 4) is 0 Å². The van der Waals surface area contributed by atoms with Gasteiger partial charge in [-0.05, 0) is 18.2 Å². The molecule has 0 saturated carbocycles. The number of anilines is 1. The van der Waals surface area contributed by atoms with Crippen LogP contribution in [0.3, 0.4) is 0 Å². The molecule has 24 heavy (non-hydrogen) atoms. The SMILES string of the molecule is Cn1nccc1C(=O)N1CCN(c2ccc(C(F)(F)F)cn2)CC1. The maximum Gasteiger partial charge on any atom is 0.417 e. The van der Waals surface area contributed by atoms with Gasteiger partial charge >= 0.3 is 6.18 Å². The number of halogens is 3. The molecule has 0 radical (unpaired) electrons. The molecule has 6 nitrogen and oxygen atoms in total. The molecule has 9 heteroatoms. The molecular formula is C15H16F3N5O. The number of rotatable bonds is 2. The fourth-order valence-electron chi connectivity index (χ4n) is 2.63. The fourth-order valence-corrected chi connectivity index (χ4v) is 2.63. The summed E-state index contributed by atoms with van der Waals surface area (Å²) in [6.07, 6.45) is -1.99. The van der Waals surface area contributed by atoms with Gasteiger partial charge in [-0.1, -0.05) is 0 Å². The second-order valence-corrected chi connectivity index (χ2v) is 5.52. The summed E-state index contributed by atoms with van der Waals surface area (Å²) in [6.45, 7) is 1.99. The summed E-state index contributed by atoms with van der Waals surface area (Å²) in [5.74, 6) is 0.380. The standard InChI is InChI=1S/C15H16F3N5O/c1-21-12(4-5-20-21)14(24)23-8-6-22(7-9-23)13-3-2-11(10-19-13)15(16,17)18/h2-5,10H,6-9H2,1H3. The summed E-state index contributed by atoms with van der Waals surface area (Å²) in [4.78, 5) is 19.9. The van der Waals surface area contributed by atoms with Gasteiger partial charge in [-0.3, -0.25) is 9.48 Å². The molecule has 0 bridgehead atoms. The molecule has 1 amide bonds. The number of hydrogen-bond donors (Lipinski definition) is 0. The van der Waals surface area contributed by atoms with Crippen molar-refractivity contribution < 1.29 is 18.0 Å². The average molecular weight is 339 g/mol. The third-order valence-corrected chi connectivity index (χ3v) is 4.01. The molecule has 1 saturated heterocycles. The molecule has 1 fully saturated rings. The first-order valence-electron chi connectivity index (χ1n) is 7.42. The van der Waals surface area contributed by atoms with Gasteiger partial charge < -0.3 is 9.80 Å². The van der Waals surface area contributed by atoms with Crippen LogP contribution >= 0.6 is 0 Å². The van der Waals surface area contributed by atoms with Crippen molar-refractivity contribution in [2.75, 3.05) is 31.1 Å². The largest absolute Gasteiger partial charge is 0.417 e. The van der Waals surface area contributed by atoms with E-state index in [0.717, 1.165) is 12.3 Å². The van der Waals surface area contributed by atoms with Crippen LogP contribution in [0.1, 0.15) is 16.1 Å². The first kappa shape index (κ1) is 16.3. The van der Waals surface area contributed by atoms with Gasteiger partial charge in [0.1, 0.15) is 11.5 Å². The van der Waals surface area contributed by atoms with Gasteiger partial charge in [-0.15, -0.1) is 0 Å². The van der Waals surface area contributed by atoms with Crippen molar-refractivity contribution in [3.63, 3.8) is 0 Å². The number of nitrogens with zero attached hydrogens (tertiary/aromatic N) is 5. The van der Waals surface area contributed by atoms with Gasteiger partial charge in [0.05, 0.1) is 5.56 Å². The summed E-state index contributed by atoms with van der Waals surface area (Å²) in [7, 11) is 1.70. The highest BCUT2D eigenvalue weighted by atomic mass is 19.4. The maximum absolute atomic E-state index is 12.6. The third-order valence-electron chi connectivity index (χ3n) is 4.01. The normalized spacial score (nSPS) is 15.7. The zero-order valence-electron chi connectivity index (χ0n) is 13.0. The van der Waals surface area contributed by atoms with Gasteiger partial charge in [0.15, 0.2) is 0 Å². The molecule has 3 heterocycles. The van der Waals surface area contributed by atoms with E-state index < -0.39 is 11.7 Å². The Morgan fingerprint density at radius 1 is 1.12 bits per heavy atom. The van der Waals surface area contributed by atoms with Crippen LogP contribution in [-0.2, 0) is 13.2 Å². The van der Waals surface area contributed by atoms with Gasteiger partial charge in [-0.25, -0.2) is 4.98 Å². The molecule has 0 N–H and O–H groups in total. The smallest absolute Gasteiger partial charge is 0.353 e. The highest BCUT2D eigenvalue weighted by molar-refractivity contribution is 5.92. The Morgan fingerprint density at radius 3 is 2.33 bits per heavy atom. The molecule has 2 aromatic rings. The molecule has 128 valence electrons. The van der Waals surface area contributed by atoms with Gasteiger partial charge in [0.25, 0.3) is 5.91 Å². The lowest BCUT2D eigenvalue weighted by Gasteiger charge is -2.35. The molecular weight excluding hydrogens is 323 g/mol. The second-order valence-electron chi connectivity index (χ2n) is 5.52. The zero-order chi connectivity index (χ0) is 17.3. The Kier molecular flexibility index (Phi) is 4.16. The van der Waals surface area contributed by atoms with Crippen molar-refractivity contribution in [2.24, 2.45) is 7.05 Å². The van der Waals surface area contributed by atoms with Crippen LogP contribution in [0.25, 0.3) is 0 Å². The minimum absolute atomic E-state index is 0.102. The molecule has 2 aromatic heterocycles. The Hall–Kier alpha value is -2.58. The van der Waals surface area contributed by atoms with E-state index >= 15 is 0 Å². The summed E-state index contributed by atoms with van der Waals surface area (Å²) >= 11 is 0. The number of amides is 1. The van der Waals surface area contributed by atoms with Crippen molar-refractivity contribution in [1.82, 2.24) is 19.7 Å². The van der Waals surface area contributed by atoms with Crippen molar-refractivity contribution in [1.29, 1.82) is 0 Å². The zero-order valence-corrected chi connectivity index (χ0v) is 13.0. The lowest BCUT2D eigenvalue weighted by atomic mass is 10.2. The fraction of sp³-hybridized carbons (Fsp3) is 0.400. The van der Waals surface area contributed by atoms with Crippen molar-refractivity contribution in [2.45, 2.75) is 6.18 Å². The van der Waals surface area contributed by atoms with E-state index in [1.807, 2.05) is 4.90 Å². The highest BCUT2D eigenvalue weighted by Gasteiger charge is 2.31. The van der Waals surface area contributed by atoms with E-state index in [1.165, 1.54) is 10.7 Å². The van der Waals surface area contributed by atoms with Crippen LogP contribution in [0.5, 0.6) is 0 Å². The van der Waals surface area contributed by atoms with E-state index in [9.17, 15) is 18.0 Å². The maximum atomic E-state index is 12.6. The predicted molar refractivity (Wildman–Crippen MR) is 80.6 cm³/mol. The molecule has 0 aromatic carbocycles. The number of alkyl halides is 3. The number of hydrogen-bond acceptors (Lipinski definition) is 4.